The van der Waals surface area contributed by atoms with E-state index in [-0.39, 0.29) is 5.69 Å². The molecule has 0 aliphatic carbocycles. The van der Waals surface area contributed by atoms with Gasteiger partial charge in [-0.05, 0) is 18.2 Å². The summed E-state index contributed by atoms with van der Waals surface area (Å²) in [6.07, 6.45) is 0. The van der Waals surface area contributed by atoms with Crippen molar-refractivity contribution in [3.05, 3.63) is 24.0 Å². The molecule has 0 amide bonds. The normalized spacial score (nSPS) is 11.8. The van der Waals surface area contributed by atoms with Gasteiger partial charge in [0.25, 0.3) is 0 Å². The predicted octanol–water partition coefficient (Wildman–Crippen LogP) is 1.41. The molecular formula is C10H16FN3O2S. The molecule has 1 rings (SSSR count). The summed E-state index contributed by atoms with van der Waals surface area (Å²) in [5, 5.41) is 0. The summed E-state index contributed by atoms with van der Waals surface area (Å²) in [7, 11) is -3.73. The molecule has 0 fully saturated rings. The first-order valence-corrected chi connectivity index (χ1v) is 6.67. The van der Waals surface area contributed by atoms with Gasteiger partial charge in [0.1, 0.15) is 5.82 Å². The molecule has 1 aromatic carbocycles. The minimum absolute atomic E-state index is 0.142. The Labute approximate surface area is 101 Å². The summed E-state index contributed by atoms with van der Waals surface area (Å²) in [5.74, 6) is -0.657. The highest BCUT2D eigenvalue weighted by atomic mass is 32.2. The van der Waals surface area contributed by atoms with Gasteiger partial charge in [-0.25, -0.2) is 4.39 Å². The lowest BCUT2D eigenvalue weighted by Crippen LogP contribution is -2.35. The van der Waals surface area contributed by atoms with Gasteiger partial charge in [-0.1, -0.05) is 13.8 Å². The van der Waals surface area contributed by atoms with E-state index in [1.54, 1.807) is 13.8 Å². The first-order chi connectivity index (χ1) is 7.90. The van der Waals surface area contributed by atoms with Crippen LogP contribution in [0.3, 0.4) is 0 Å². The van der Waals surface area contributed by atoms with Gasteiger partial charge in [-0.3, -0.25) is 4.72 Å². The fourth-order valence-electron chi connectivity index (χ4n) is 1.39. The zero-order valence-corrected chi connectivity index (χ0v) is 10.6. The van der Waals surface area contributed by atoms with Crippen LogP contribution in [-0.2, 0) is 10.2 Å². The number of nitrogens with zero attached hydrogens (tertiary/aromatic N) is 1. The SMILES string of the molecule is CCN(CC)S(=O)(=O)Nc1cc(N)ccc1F. The minimum atomic E-state index is -3.73. The Balaban J connectivity index is 3.01. The fraction of sp³-hybridized carbons (Fsp3) is 0.400. The quantitative estimate of drug-likeness (QED) is 0.787. The molecule has 0 heterocycles. The van der Waals surface area contributed by atoms with Crippen LogP contribution in [-0.4, -0.2) is 25.8 Å². The van der Waals surface area contributed by atoms with Crippen molar-refractivity contribution in [2.75, 3.05) is 23.5 Å². The van der Waals surface area contributed by atoms with Crippen LogP contribution >= 0.6 is 0 Å². The number of nitrogen functional groups attached to an aromatic ring is 1. The van der Waals surface area contributed by atoms with Crippen LogP contribution < -0.4 is 10.5 Å². The van der Waals surface area contributed by atoms with Crippen LogP contribution in [0, 0.1) is 5.82 Å². The van der Waals surface area contributed by atoms with Crippen LogP contribution in [0.4, 0.5) is 15.8 Å². The number of halogens is 1. The van der Waals surface area contributed by atoms with Gasteiger partial charge < -0.3 is 5.73 Å². The van der Waals surface area contributed by atoms with E-state index in [1.165, 1.54) is 16.4 Å². The van der Waals surface area contributed by atoms with E-state index in [0.717, 1.165) is 6.07 Å². The summed E-state index contributed by atoms with van der Waals surface area (Å²) < 4.78 is 40.4. The largest absolute Gasteiger partial charge is 0.399 e. The maximum Gasteiger partial charge on any atom is 0.301 e. The van der Waals surface area contributed by atoms with E-state index in [2.05, 4.69) is 4.72 Å². The van der Waals surface area contributed by atoms with Gasteiger partial charge in [0.15, 0.2) is 0 Å². The minimum Gasteiger partial charge on any atom is -0.399 e. The molecule has 0 aromatic heterocycles. The monoisotopic (exact) mass is 261 g/mol. The van der Waals surface area contributed by atoms with Crippen LogP contribution in [0.15, 0.2) is 18.2 Å². The molecule has 1 aromatic rings. The van der Waals surface area contributed by atoms with Gasteiger partial charge >= 0.3 is 10.2 Å². The summed E-state index contributed by atoms with van der Waals surface area (Å²) in [4.78, 5) is 0. The highest BCUT2D eigenvalue weighted by molar-refractivity contribution is 7.90. The van der Waals surface area contributed by atoms with Crippen LogP contribution in [0.1, 0.15) is 13.8 Å². The predicted molar refractivity (Wildman–Crippen MR) is 66.3 cm³/mol. The lowest BCUT2D eigenvalue weighted by molar-refractivity contribution is 0.449. The zero-order valence-electron chi connectivity index (χ0n) is 9.77. The van der Waals surface area contributed by atoms with E-state index in [1.807, 2.05) is 0 Å². The summed E-state index contributed by atoms with van der Waals surface area (Å²) >= 11 is 0. The average Bonchev–Trinajstić information content (AvgIpc) is 2.24. The average molecular weight is 261 g/mol. The number of nitrogens with two attached hydrogens (primary N) is 1. The van der Waals surface area contributed by atoms with Crippen molar-refractivity contribution in [2.45, 2.75) is 13.8 Å². The van der Waals surface area contributed by atoms with Crippen molar-refractivity contribution < 1.29 is 12.8 Å². The molecule has 5 nitrogen and oxygen atoms in total. The third kappa shape index (κ3) is 3.31. The Morgan fingerprint density at radius 3 is 2.47 bits per heavy atom. The highest BCUT2D eigenvalue weighted by Crippen LogP contribution is 2.19. The Morgan fingerprint density at radius 1 is 1.35 bits per heavy atom. The molecule has 0 unspecified atom stereocenters. The molecule has 17 heavy (non-hydrogen) atoms. The molecule has 0 spiro atoms. The molecule has 0 radical (unpaired) electrons. The lowest BCUT2D eigenvalue weighted by atomic mass is 10.3. The van der Waals surface area contributed by atoms with E-state index < -0.39 is 16.0 Å². The van der Waals surface area contributed by atoms with Crippen molar-refractivity contribution in [3.63, 3.8) is 0 Å². The molecule has 0 aliphatic heterocycles. The lowest BCUT2D eigenvalue weighted by Gasteiger charge is -2.19. The van der Waals surface area contributed by atoms with Crippen LogP contribution in [0.2, 0.25) is 0 Å². The Kier molecular flexibility index (Phi) is 4.30. The Hall–Kier alpha value is -1.34. The van der Waals surface area contributed by atoms with Gasteiger partial charge in [-0.15, -0.1) is 0 Å². The standard InChI is InChI=1S/C10H16FN3O2S/c1-3-14(4-2)17(15,16)13-10-7-8(12)5-6-9(10)11/h5-7,13H,3-4,12H2,1-2H3. The highest BCUT2D eigenvalue weighted by Gasteiger charge is 2.19. The van der Waals surface area contributed by atoms with Crippen molar-refractivity contribution in [1.82, 2.24) is 4.31 Å². The van der Waals surface area contributed by atoms with E-state index >= 15 is 0 Å². The molecule has 0 aliphatic rings. The van der Waals surface area contributed by atoms with Gasteiger partial charge in [0.05, 0.1) is 5.69 Å². The van der Waals surface area contributed by atoms with Crippen LogP contribution in [0.25, 0.3) is 0 Å². The van der Waals surface area contributed by atoms with Gasteiger partial charge in [0, 0.05) is 18.8 Å². The molecule has 3 N–H and O–H groups in total. The number of hydrogen-bond acceptors (Lipinski definition) is 3. The molecule has 0 saturated carbocycles. The first kappa shape index (κ1) is 13.7. The Bertz CT molecular complexity index is 486. The Morgan fingerprint density at radius 2 is 1.94 bits per heavy atom. The van der Waals surface area contributed by atoms with E-state index in [4.69, 9.17) is 5.73 Å². The summed E-state index contributed by atoms with van der Waals surface area (Å²) in [5.41, 5.74) is 5.63. The third-order valence-electron chi connectivity index (χ3n) is 2.27. The second kappa shape index (κ2) is 5.33. The summed E-state index contributed by atoms with van der Waals surface area (Å²) in [6.45, 7) is 4.04. The van der Waals surface area contributed by atoms with Crippen molar-refractivity contribution in [1.29, 1.82) is 0 Å². The second-order valence-corrected chi connectivity index (χ2v) is 5.10. The molecule has 0 bridgehead atoms. The smallest absolute Gasteiger partial charge is 0.301 e. The maximum atomic E-state index is 13.4. The first-order valence-electron chi connectivity index (χ1n) is 5.23. The second-order valence-electron chi connectivity index (χ2n) is 3.43. The molecule has 0 atom stereocenters. The fourth-order valence-corrected chi connectivity index (χ4v) is 2.63. The molecular weight excluding hydrogens is 245 g/mol. The maximum absolute atomic E-state index is 13.4. The third-order valence-corrected chi connectivity index (χ3v) is 3.95. The topological polar surface area (TPSA) is 75.4 Å². The van der Waals surface area contributed by atoms with Gasteiger partial charge in [0.2, 0.25) is 0 Å². The molecule has 7 heteroatoms. The van der Waals surface area contributed by atoms with Crippen molar-refractivity contribution in [2.24, 2.45) is 0 Å². The van der Waals surface area contributed by atoms with E-state index in [9.17, 15) is 12.8 Å². The van der Waals surface area contributed by atoms with E-state index in [0.29, 0.717) is 18.8 Å². The molecule has 0 saturated heterocycles. The number of anilines is 2. The number of nitrogens with one attached hydrogen (secondary N) is 1. The molecule has 96 valence electrons. The number of hydrogen-bond donors (Lipinski definition) is 2. The zero-order chi connectivity index (χ0) is 13.1. The van der Waals surface area contributed by atoms with Gasteiger partial charge in [-0.2, -0.15) is 12.7 Å². The number of benzene rings is 1. The van der Waals surface area contributed by atoms with Crippen LogP contribution in [0.5, 0.6) is 0 Å². The van der Waals surface area contributed by atoms with Crippen molar-refractivity contribution >= 4 is 21.6 Å². The van der Waals surface area contributed by atoms with Crippen molar-refractivity contribution in [3.8, 4) is 0 Å². The number of rotatable bonds is 5. The summed E-state index contributed by atoms with van der Waals surface area (Å²) in [6, 6.07) is 3.73.